The van der Waals surface area contributed by atoms with Crippen molar-refractivity contribution < 1.29 is 9.53 Å². The number of amides is 1. The van der Waals surface area contributed by atoms with Crippen LogP contribution < -0.4 is 4.74 Å². The highest BCUT2D eigenvalue weighted by Gasteiger charge is 2.05. The summed E-state index contributed by atoms with van der Waals surface area (Å²) in [6.45, 7) is 4.16. The summed E-state index contributed by atoms with van der Waals surface area (Å²) in [4.78, 5) is 12.8. The van der Waals surface area contributed by atoms with E-state index in [4.69, 9.17) is 4.74 Å². The maximum atomic E-state index is 11.3. The summed E-state index contributed by atoms with van der Waals surface area (Å²) in [6.07, 6.45) is 0. The van der Waals surface area contributed by atoms with E-state index in [9.17, 15) is 4.79 Å². The Balaban J connectivity index is 2.58. The van der Waals surface area contributed by atoms with Crippen LogP contribution in [0.4, 0.5) is 0 Å². The number of hydrogen-bond acceptors (Lipinski definition) is 2. The van der Waals surface area contributed by atoms with E-state index in [1.54, 1.807) is 14.1 Å². The summed E-state index contributed by atoms with van der Waals surface area (Å²) < 4.78 is 5.37. The molecule has 1 aromatic carbocycles. The van der Waals surface area contributed by atoms with Crippen LogP contribution in [0.2, 0.25) is 0 Å². The van der Waals surface area contributed by atoms with Crippen molar-refractivity contribution in [1.29, 1.82) is 0 Å². The van der Waals surface area contributed by atoms with E-state index < -0.39 is 0 Å². The van der Waals surface area contributed by atoms with Gasteiger partial charge in [-0.05, 0) is 37.1 Å². The van der Waals surface area contributed by atoms with Gasteiger partial charge in [0.25, 0.3) is 5.91 Å². The molecule has 1 amide bonds. The molecule has 0 bridgehead atoms. The second-order valence-corrected chi connectivity index (χ2v) is 3.82. The molecular weight excluding hydrogens is 190 g/mol. The monoisotopic (exact) mass is 207 g/mol. The van der Waals surface area contributed by atoms with Gasteiger partial charge in [-0.2, -0.15) is 0 Å². The Kier molecular flexibility index (Phi) is 3.72. The first-order valence-corrected chi connectivity index (χ1v) is 4.91. The normalized spacial score (nSPS) is 9.87. The van der Waals surface area contributed by atoms with Crippen LogP contribution in [0.25, 0.3) is 0 Å². The lowest BCUT2D eigenvalue weighted by Gasteiger charge is -2.12. The summed E-state index contributed by atoms with van der Waals surface area (Å²) in [5, 5.41) is 0. The average molecular weight is 207 g/mol. The molecule has 15 heavy (non-hydrogen) atoms. The maximum Gasteiger partial charge on any atom is 0.259 e. The largest absolute Gasteiger partial charge is 0.484 e. The topological polar surface area (TPSA) is 29.5 Å². The standard InChI is InChI=1S/C12H17NO2/c1-9-5-6-11(7-10(9)2)15-8-12(14)13(3)4/h5-7H,8H2,1-4H3. The number of likely N-dealkylation sites (N-methyl/N-ethyl adjacent to an activating group) is 1. The molecule has 0 aliphatic rings. The van der Waals surface area contributed by atoms with Crippen molar-refractivity contribution in [2.24, 2.45) is 0 Å². The van der Waals surface area contributed by atoms with Crippen LogP contribution in [0.1, 0.15) is 11.1 Å². The Morgan fingerprint density at radius 2 is 1.93 bits per heavy atom. The fraction of sp³-hybridized carbons (Fsp3) is 0.417. The molecule has 1 aromatic rings. The molecule has 3 nitrogen and oxygen atoms in total. The molecule has 0 radical (unpaired) electrons. The zero-order valence-corrected chi connectivity index (χ0v) is 9.70. The highest BCUT2D eigenvalue weighted by Crippen LogP contribution is 2.16. The first kappa shape index (κ1) is 11.6. The number of carbonyl (C=O) groups is 1. The lowest BCUT2D eigenvalue weighted by Crippen LogP contribution is -2.27. The summed E-state index contributed by atoms with van der Waals surface area (Å²) in [6, 6.07) is 5.81. The lowest BCUT2D eigenvalue weighted by atomic mass is 10.1. The third-order valence-electron chi connectivity index (χ3n) is 2.34. The molecule has 82 valence electrons. The molecular formula is C12H17NO2. The molecule has 0 unspecified atom stereocenters. The highest BCUT2D eigenvalue weighted by molar-refractivity contribution is 5.77. The van der Waals surface area contributed by atoms with Crippen molar-refractivity contribution in [3.63, 3.8) is 0 Å². The Morgan fingerprint density at radius 1 is 1.27 bits per heavy atom. The molecule has 0 atom stereocenters. The predicted octanol–water partition coefficient (Wildman–Crippen LogP) is 1.77. The quantitative estimate of drug-likeness (QED) is 0.756. The number of carbonyl (C=O) groups excluding carboxylic acids is 1. The SMILES string of the molecule is Cc1ccc(OCC(=O)N(C)C)cc1C. The second-order valence-electron chi connectivity index (χ2n) is 3.82. The molecule has 3 heteroatoms. The number of nitrogens with zero attached hydrogens (tertiary/aromatic N) is 1. The fourth-order valence-corrected chi connectivity index (χ4v) is 1.08. The van der Waals surface area contributed by atoms with Gasteiger partial charge in [0.1, 0.15) is 5.75 Å². The summed E-state index contributed by atoms with van der Waals surface area (Å²) in [5.74, 6) is 0.710. The van der Waals surface area contributed by atoms with Crippen molar-refractivity contribution in [2.75, 3.05) is 20.7 Å². The Morgan fingerprint density at radius 3 is 2.47 bits per heavy atom. The minimum atomic E-state index is -0.0340. The van der Waals surface area contributed by atoms with Gasteiger partial charge in [0, 0.05) is 14.1 Å². The van der Waals surface area contributed by atoms with Crippen LogP contribution >= 0.6 is 0 Å². The lowest BCUT2D eigenvalue weighted by molar-refractivity contribution is -0.130. The van der Waals surface area contributed by atoms with Crippen LogP contribution in [-0.4, -0.2) is 31.5 Å². The molecule has 0 N–H and O–H groups in total. The van der Waals surface area contributed by atoms with E-state index >= 15 is 0 Å². The number of rotatable bonds is 3. The molecule has 0 fully saturated rings. The molecule has 0 aliphatic heterocycles. The molecule has 1 rings (SSSR count). The van der Waals surface area contributed by atoms with Gasteiger partial charge in [0.15, 0.2) is 6.61 Å². The second kappa shape index (κ2) is 4.82. The number of aryl methyl sites for hydroxylation is 2. The fourth-order valence-electron chi connectivity index (χ4n) is 1.08. The minimum absolute atomic E-state index is 0.0340. The van der Waals surface area contributed by atoms with Gasteiger partial charge in [-0.15, -0.1) is 0 Å². The van der Waals surface area contributed by atoms with E-state index in [0.717, 1.165) is 5.75 Å². The average Bonchev–Trinajstić information content (AvgIpc) is 2.19. The Hall–Kier alpha value is -1.51. The number of benzene rings is 1. The van der Waals surface area contributed by atoms with E-state index in [1.165, 1.54) is 16.0 Å². The maximum absolute atomic E-state index is 11.3. The summed E-state index contributed by atoms with van der Waals surface area (Å²) in [5.41, 5.74) is 2.39. The van der Waals surface area contributed by atoms with Gasteiger partial charge in [0.2, 0.25) is 0 Å². The van der Waals surface area contributed by atoms with Gasteiger partial charge < -0.3 is 9.64 Å². The van der Waals surface area contributed by atoms with Crippen LogP contribution in [0.3, 0.4) is 0 Å². The Bertz CT molecular complexity index is 359. The minimum Gasteiger partial charge on any atom is -0.484 e. The predicted molar refractivity (Wildman–Crippen MR) is 60.1 cm³/mol. The van der Waals surface area contributed by atoms with Gasteiger partial charge >= 0.3 is 0 Å². The molecule has 0 spiro atoms. The van der Waals surface area contributed by atoms with Crippen molar-refractivity contribution in [2.45, 2.75) is 13.8 Å². The van der Waals surface area contributed by atoms with E-state index in [-0.39, 0.29) is 12.5 Å². The van der Waals surface area contributed by atoms with E-state index in [2.05, 4.69) is 0 Å². The molecule has 0 heterocycles. The van der Waals surface area contributed by atoms with E-state index in [0.29, 0.717) is 0 Å². The van der Waals surface area contributed by atoms with Crippen LogP contribution in [-0.2, 0) is 4.79 Å². The molecule has 0 saturated heterocycles. The van der Waals surface area contributed by atoms with Crippen molar-refractivity contribution in [3.05, 3.63) is 29.3 Å². The smallest absolute Gasteiger partial charge is 0.259 e. The zero-order valence-electron chi connectivity index (χ0n) is 9.70. The van der Waals surface area contributed by atoms with Gasteiger partial charge in [-0.1, -0.05) is 6.07 Å². The molecule has 0 aliphatic carbocycles. The number of ether oxygens (including phenoxy) is 1. The van der Waals surface area contributed by atoms with Gasteiger partial charge in [0.05, 0.1) is 0 Å². The van der Waals surface area contributed by atoms with Crippen molar-refractivity contribution >= 4 is 5.91 Å². The molecule has 0 aromatic heterocycles. The number of hydrogen-bond donors (Lipinski definition) is 0. The zero-order chi connectivity index (χ0) is 11.4. The van der Waals surface area contributed by atoms with Gasteiger partial charge in [-0.3, -0.25) is 4.79 Å². The van der Waals surface area contributed by atoms with Gasteiger partial charge in [-0.25, -0.2) is 0 Å². The highest BCUT2D eigenvalue weighted by atomic mass is 16.5. The van der Waals surface area contributed by atoms with Crippen molar-refractivity contribution in [1.82, 2.24) is 4.90 Å². The van der Waals surface area contributed by atoms with Crippen LogP contribution in [0.15, 0.2) is 18.2 Å². The summed E-state index contributed by atoms with van der Waals surface area (Å²) in [7, 11) is 3.43. The third kappa shape index (κ3) is 3.27. The van der Waals surface area contributed by atoms with Crippen molar-refractivity contribution in [3.8, 4) is 5.75 Å². The van der Waals surface area contributed by atoms with E-state index in [1.807, 2.05) is 32.0 Å². The molecule has 0 saturated carbocycles. The third-order valence-corrected chi connectivity index (χ3v) is 2.34. The Labute approximate surface area is 90.7 Å². The first-order valence-electron chi connectivity index (χ1n) is 4.91. The first-order chi connectivity index (χ1) is 7.00. The summed E-state index contributed by atoms with van der Waals surface area (Å²) >= 11 is 0. The van der Waals surface area contributed by atoms with Crippen LogP contribution in [0, 0.1) is 13.8 Å². The van der Waals surface area contributed by atoms with Crippen LogP contribution in [0.5, 0.6) is 5.75 Å².